The van der Waals surface area contributed by atoms with Crippen molar-refractivity contribution < 1.29 is 0 Å². The summed E-state index contributed by atoms with van der Waals surface area (Å²) in [6, 6.07) is 2.66. The molecule has 2 unspecified atom stereocenters. The molecule has 1 N–H and O–H groups in total. The van der Waals surface area contributed by atoms with Crippen molar-refractivity contribution in [2.75, 3.05) is 5.32 Å². The molecule has 15 heavy (non-hydrogen) atoms. The van der Waals surface area contributed by atoms with Gasteiger partial charge < -0.3 is 5.32 Å². The van der Waals surface area contributed by atoms with Crippen LogP contribution in [-0.4, -0.2) is 11.0 Å². The van der Waals surface area contributed by atoms with E-state index in [2.05, 4.69) is 33.2 Å². The first-order valence-electron chi connectivity index (χ1n) is 5.63. The number of anilines is 1. The first-order chi connectivity index (χ1) is 7.27. The van der Waals surface area contributed by atoms with Gasteiger partial charge >= 0.3 is 0 Å². The highest BCUT2D eigenvalue weighted by Crippen LogP contribution is 2.29. The van der Waals surface area contributed by atoms with Crippen LogP contribution < -0.4 is 5.32 Å². The lowest BCUT2D eigenvalue weighted by Gasteiger charge is -2.30. The van der Waals surface area contributed by atoms with Crippen molar-refractivity contribution in [3.63, 3.8) is 0 Å². The second-order valence-corrected chi connectivity index (χ2v) is 5.22. The van der Waals surface area contributed by atoms with Crippen LogP contribution >= 0.6 is 15.9 Å². The number of pyridine rings is 1. The van der Waals surface area contributed by atoms with Gasteiger partial charge in [0.25, 0.3) is 0 Å². The maximum absolute atomic E-state index is 4.07. The number of aromatic nitrogens is 1. The highest BCUT2D eigenvalue weighted by atomic mass is 79.9. The Hall–Kier alpha value is -0.570. The Kier molecular flexibility index (Phi) is 3.62. The second-order valence-electron chi connectivity index (χ2n) is 4.37. The highest BCUT2D eigenvalue weighted by molar-refractivity contribution is 9.10. The van der Waals surface area contributed by atoms with Gasteiger partial charge in [0.15, 0.2) is 0 Å². The summed E-state index contributed by atoms with van der Waals surface area (Å²) in [5, 5.41) is 3.61. The van der Waals surface area contributed by atoms with E-state index in [9.17, 15) is 0 Å². The highest BCUT2D eigenvalue weighted by Gasteiger charge is 2.21. The molecule has 1 fully saturated rings. The van der Waals surface area contributed by atoms with Gasteiger partial charge in [0.05, 0.1) is 10.2 Å². The molecule has 2 rings (SSSR count). The lowest BCUT2D eigenvalue weighted by molar-refractivity contribution is 0.349. The Morgan fingerprint density at radius 3 is 2.93 bits per heavy atom. The Morgan fingerprint density at radius 1 is 1.40 bits per heavy atom. The van der Waals surface area contributed by atoms with Crippen molar-refractivity contribution in [3.8, 4) is 0 Å². The average Bonchev–Trinajstić information content (AvgIpc) is 2.24. The predicted octanol–water partition coefficient (Wildman–Crippen LogP) is 3.83. The summed E-state index contributed by atoms with van der Waals surface area (Å²) >= 11 is 3.52. The summed E-state index contributed by atoms with van der Waals surface area (Å²) in [4.78, 5) is 4.07. The van der Waals surface area contributed by atoms with E-state index in [-0.39, 0.29) is 0 Å². The van der Waals surface area contributed by atoms with Gasteiger partial charge in [-0.25, -0.2) is 0 Å². The van der Waals surface area contributed by atoms with Crippen LogP contribution in [0, 0.1) is 5.92 Å². The fourth-order valence-corrected chi connectivity index (χ4v) is 2.59. The predicted molar refractivity (Wildman–Crippen MR) is 67.0 cm³/mol. The van der Waals surface area contributed by atoms with Gasteiger partial charge in [0, 0.05) is 18.4 Å². The zero-order chi connectivity index (χ0) is 10.7. The Morgan fingerprint density at radius 2 is 2.20 bits per heavy atom. The molecule has 1 aliphatic rings. The van der Waals surface area contributed by atoms with Gasteiger partial charge in [-0.15, -0.1) is 0 Å². The molecule has 0 saturated heterocycles. The van der Waals surface area contributed by atoms with Crippen molar-refractivity contribution in [1.29, 1.82) is 0 Å². The summed E-state index contributed by atoms with van der Waals surface area (Å²) in [5.74, 6) is 0.777. The van der Waals surface area contributed by atoms with Crippen LogP contribution in [0.15, 0.2) is 22.9 Å². The van der Waals surface area contributed by atoms with Crippen molar-refractivity contribution in [3.05, 3.63) is 22.9 Å². The molecule has 82 valence electrons. The summed E-state index contributed by atoms with van der Waals surface area (Å²) in [6.07, 6.45) is 9.05. The minimum Gasteiger partial charge on any atom is -0.381 e. The van der Waals surface area contributed by atoms with E-state index in [0.717, 1.165) is 10.4 Å². The van der Waals surface area contributed by atoms with E-state index in [0.29, 0.717) is 6.04 Å². The minimum atomic E-state index is 0.623. The number of hydrogen-bond donors (Lipinski definition) is 1. The summed E-state index contributed by atoms with van der Waals surface area (Å²) < 4.78 is 1.06. The first kappa shape index (κ1) is 10.9. The third-order valence-electron chi connectivity index (χ3n) is 3.22. The van der Waals surface area contributed by atoms with Crippen LogP contribution in [0.2, 0.25) is 0 Å². The molecule has 1 heterocycles. The van der Waals surface area contributed by atoms with E-state index < -0.39 is 0 Å². The standard InChI is InChI=1S/C12H17BrN2/c1-9-4-2-3-5-11(9)15-12-6-7-14-8-10(12)13/h6-9,11H,2-5H2,1H3,(H,14,15). The molecule has 2 nitrogen and oxygen atoms in total. The number of nitrogens with one attached hydrogen (secondary N) is 1. The maximum atomic E-state index is 4.07. The monoisotopic (exact) mass is 268 g/mol. The number of halogens is 1. The summed E-state index contributed by atoms with van der Waals surface area (Å²) in [6.45, 7) is 2.34. The normalized spacial score (nSPS) is 26.3. The maximum Gasteiger partial charge on any atom is 0.0590 e. The minimum absolute atomic E-state index is 0.623. The van der Waals surface area contributed by atoms with Crippen LogP contribution in [0.1, 0.15) is 32.6 Å². The van der Waals surface area contributed by atoms with Crippen LogP contribution in [0.5, 0.6) is 0 Å². The van der Waals surface area contributed by atoms with Crippen LogP contribution in [-0.2, 0) is 0 Å². The van der Waals surface area contributed by atoms with E-state index in [1.807, 2.05) is 18.5 Å². The van der Waals surface area contributed by atoms with Crippen LogP contribution in [0.25, 0.3) is 0 Å². The lowest BCUT2D eigenvalue weighted by atomic mass is 9.86. The topological polar surface area (TPSA) is 24.9 Å². The van der Waals surface area contributed by atoms with Gasteiger partial charge in [0.1, 0.15) is 0 Å². The number of nitrogens with zero attached hydrogens (tertiary/aromatic N) is 1. The first-order valence-corrected chi connectivity index (χ1v) is 6.42. The van der Waals surface area contributed by atoms with Crippen molar-refractivity contribution in [2.24, 2.45) is 5.92 Å². The molecule has 0 radical (unpaired) electrons. The molecule has 1 saturated carbocycles. The largest absolute Gasteiger partial charge is 0.381 e. The Bertz CT molecular complexity index is 327. The Balaban J connectivity index is 2.04. The molecule has 3 heteroatoms. The molecule has 0 aromatic carbocycles. The van der Waals surface area contributed by atoms with E-state index in [4.69, 9.17) is 0 Å². The van der Waals surface area contributed by atoms with Gasteiger partial charge in [-0.1, -0.05) is 19.8 Å². The van der Waals surface area contributed by atoms with E-state index >= 15 is 0 Å². The van der Waals surface area contributed by atoms with Gasteiger partial charge in [-0.2, -0.15) is 0 Å². The van der Waals surface area contributed by atoms with Gasteiger partial charge in [-0.3, -0.25) is 4.98 Å². The van der Waals surface area contributed by atoms with Crippen LogP contribution in [0.3, 0.4) is 0 Å². The zero-order valence-electron chi connectivity index (χ0n) is 9.04. The van der Waals surface area contributed by atoms with Gasteiger partial charge in [-0.05, 0) is 40.8 Å². The van der Waals surface area contributed by atoms with Crippen molar-refractivity contribution >= 4 is 21.6 Å². The third kappa shape index (κ3) is 2.71. The van der Waals surface area contributed by atoms with E-state index in [1.165, 1.54) is 31.4 Å². The van der Waals surface area contributed by atoms with Crippen molar-refractivity contribution in [1.82, 2.24) is 4.98 Å². The summed E-state index contributed by atoms with van der Waals surface area (Å²) in [5.41, 5.74) is 1.17. The number of hydrogen-bond acceptors (Lipinski definition) is 2. The molecular weight excluding hydrogens is 252 g/mol. The third-order valence-corrected chi connectivity index (χ3v) is 3.86. The van der Waals surface area contributed by atoms with Gasteiger partial charge in [0.2, 0.25) is 0 Å². The molecular formula is C12H17BrN2. The smallest absolute Gasteiger partial charge is 0.0590 e. The molecule has 0 bridgehead atoms. The Labute approximate surface area is 99.6 Å². The fourth-order valence-electron chi connectivity index (χ4n) is 2.22. The van der Waals surface area contributed by atoms with E-state index in [1.54, 1.807) is 0 Å². The molecule has 1 aromatic rings. The van der Waals surface area contributed by atoms with Crippen molar-refractivity contribution in [2.45, 2.75) is 38.6 Å². The molecule has 0 amide bonds. The lowest BCUT2D eigenvalue weighted by Crippen LogP contribution is -2.30. The SMILES string of the molecule is CC1CCCCC1Nc1ccncc1Br. The molecule has 2 atom stereocenters. The fraction of sp³-hybridized carbons (Fsp3) is 0.583. The van der Waals surface area contributed by atoms with Crippen LogP contribution in [0.4, 0.5) is 5.69 Å². The zero-order valence-corrected chi connectivity index (χ0v) is 10.6. The summed E-state index contributed by atoms with van der Waals surface area (Å²) in [7, 11) is 0. The quantitative estimate of drug-likeness (QED) is 0.882. The molecule has 0 aliphatic heterocycles. The number of rotatable bonds is 2. The second kappa shape index (κ2) is 4.97. The molecule has 0 spiro atoms. The molecule has 1 aliphatic carbocycles. The average molecular weight is 269 g/mol. The molecule has 1 aromatic heterocycles.